The average molecular weight is 424 g/mol. The monoisotopic (exact) mass is 422 g/mol. The highest BCUT2D eigenvalue weighted by Crippen LogP contribution is 2.33. The summed E-state index contributed by atoms with van der Waals surface area (Å²) < 4.78 is 2.36. The minimum absolute atomic E-state index is 0.811. The van der Waals surface area contributed by atoms with Crippen LogP contribution in [-0.4, -0.2) is 5.11 Å². The summed E-state index contributed by atoms with van der Waals surface area (Å²) in [5.74, 6) is 0. The maximum atomic E-state index is 10.5. The van der Waals surface area contributed by atoms with Gasteiger partial charge in [0.25, 0.3) is 0 Å². The maximum Gasteiger partial charge on any atom is 0.0843 e. The van der Waals surface area contributed by atoms with Crippen molar-refractivity contribution < 1.29 is 5.11 Å². The van der Waals surface area contributed by atoms with Gasteiger partial charge in [-0.3, -0.25) is 0 Å². The summed E-state index contributed by atoms with van der Waals surface area (Å²) in [6.45, 7) is 3.75. The predicted molar refractivity (Wildman–Crippen MR) is 98.3 cm³/mol. The van der Waals surface area contributed by atoms with E-state index >= 15 is 0 Å². The van der Waals surface area contributed by atoms with Crippen LogP contribution in [0.3, 0.4) is 0 Å². The first-order valence-corrected chi connectivity index (χ1v) is 9.24. The van der Waals surface area contributed by atoms with E-state index in [1.165, 1.54) is 26.7 Å². The lowest BCUT2D eigenvalue weighted by Gasteiger charge is -2.24. The van der Waals surface area contributed by atoms with Gasteiger partial charge in [0, 0.05) is 8.95 Å². The molecule has 0 radical (unpaired) electrons. The number of hydrogen-bond donors (Lipinski definition) is 1. The molecule has 0 amide bonds. The second kappa shape index (κ2) is 6.10. The van der Waals surface area contributed by atoms with Crippen molar-refractivity contribution in [2.75, 3.05) is 0 Å². The first-order valence-electron chi connectivity index (χ1n) is 7.66. The third-order valence-corrected chi connectivity index (χ3v) is 5.87. The molecule has 0 saturated carbocycles. The van der Waals surface area contributed by atoms with E-state index in [4.69, 9.17) is 0 Å². The van der Waals surface area contributed by atoms with E-state index in [2.05, 4.69) is 62.2 Å². The first kappa shape index (κ1) is 16.2. The standard InChI is InChI=1S/C19H20Br2O/c1-19(2,22)16-10-15-6-4-12-3-5-13(17(20)9-12)7-8-14(16)11-18(15)21/h3,5,9-11,22H,4,6-8H2,1-2H3. The molecule has 116 valence electrons. The van der Waals surface area contributed by atoms with Gasteiger partial charge in [0.05, 0.1) is 5.60 Å². The van der Waals surface area contributed by atoms with Gasteiger partial charge >= 0.3 is 0 Å². The van der Waals surface area contributed by atoms with E-state index in [9.17, 15) is 5.11 Å². The van der Waals surface area contributed by atoms with E-state index in [-0.39, 0.29) is 0 Å². The van der Waals surface area contributed by atoms with Gasteiger partial charge in [0.1, 0.15) is 0 Å². The summed E-state index contributed by atoms with van der Waals surface area (Å²) >= 11 is 7.41. The minimum atomic E-state index is -0.811. The molecule has 0 unspecified atom stereocenters. The quantitative estimate of drug-likeness (QED) is 0.657. The van der Waals surface area contributed by atoms with Gasteiger partial charge in [-0.05, 0) is 79.5 Å². The molecule has 0 aliphatic heterocycles. The fraction of sp³-hybridized carbons (Fsp3) is 0.368. The van der Waals surface area contributed by atoms with Gasteiger partial charge in [0.15, 0.2) is 0 Å². The topological polar surface area (TPSA) is 20.2 Å². The van der Waals surface area contributed by atoms with Crippen molar-refractivity contribution >= 4 is 31.9 Å². The summed E-state index contributed by atoms with van der Waals surface area (Å²) in [6, 6.07) is 11.1. The molecule has 22 heavy (non-hydrogen) atoms. The van der Waals surface area contributed by atoms with Crippen LogP contribution in [0.4, 0.5) is 0 Å². The molecule has 4 aliphatic carbocycles. The Morgan fingerprint density at radius 2 is 1.45 bits per heavy atom. The Hall–Kier alpha value is -0.640. The van der Waals surface area contributed by atoms with E-state index in [1.807, 2.05) is 13.8 Å². The van der Waals surface area contributed by atoms with Crippen LogP contribution in [0, 0.1) is 0 Å². The Morgan fingerprint density at radius 3 is 2.14 bits per heavy atom. The zero-order valence-electron chi connectivity index (χ0n) is 12.9. The van der Waals surface area contributed by atoms with Crippen LogP contribution in [0.5, 0.6) is 0 Å². The highest BCUT2D eigenvalue weighted by atomic mass is 79.9. The molecule has 1 N–H and O–H groups in total. The van der Waals surface area contributed by atoms with Crippen molar-refractivity contribution in [2.24, 2.45) is 0 Å². The van der Waals surface area contributed by atoms with Crippen molar-refractivity contribution in [1.82, 2.24) is 0 Å². The minimum Gasteiger partial charge on any atom is -0.386 e. The number of halogens is 2. The third kappa shape index (κ3) is 3.32. The number of aryl methyl sites for hydroxylation is 4. The highest BCUT2D eigenvalue weighted by Gasteiger charge is 2.22. The molecule has 3 heteroatoms. The van der Waals surface area contributed by atoms with E-state index < -0.39 is 5.60 Å². The van der Waals surface area contributed by atoms with E-state index in [1.54, 1.807) is 0 Å². The van der Waals surface area contributed by atoms with Crippen LogP contribution in [0.2, 0.25) is 0 Å². The van der Waals surface area contributed by atoms with Crippen molar-refractivity contribution in [1.29, 1.82) is 0 Å². The molecular weight excluding hydrogens is 404 g/mol. The Balaban J connectivity index is 2.12. The molecule has 0 atom stereocenters. The Morgan fingerprint density at radius 1 is 0.818 bits per heavy atom. The summed E-state index contributed by atoms with van der Waals surface area (Å²) in [5.41, 5.74) is 5.40. The van der Waals surface area contributed by atoms with Crippen LogP contribution < -0.4 is 0 Å². The van der Waals surface area contributed by atoms with Crippen molar-refractivity contribution in [2.45, 2.75) is 45.1 Å². The fourth-order valence-electron chi connectivity index (χ4n) is 3.12. The number of hydrogen-bond acceptors (Lipinski definition) is 1. The second-order valence-corrected chi connectivity index (χ2v) is 8.29. The largest absolute Gasteiger partial charge is 0.386 e. The lowest BCUT2D eigenvalue weighted by Crippen LogP contribution is -2.19. The lowest BCUT2D eigenvalue weighted by atomic mass is 9.87. The zero-order chi connectivity index (χ0) is 15.9. The Kier molecular flexibility index (Phi) is 4.50. The van der Waals surface area contributed by atoms with Gasteiger partial charge in [-0.1, -0.05) is 50.1 Å². The molecule has 6 rings (SSSR count). The maximum absolute atomic E-state index is 10.5. The lowest BCUT2D eigenvalue weighted by molar-refractivity contribution is 0.0775. The fourth-order valence-corrected chi connectivity index (χ4v) is 4.34. The molecule has 0 fully saturated rings. The number of benzene rings is 2. The van der Waals surface area contributed by atoms with Crippen LogP contribution in [0.15, 0.2) is 39.3 Å². The highest BCUT2D eigenvalue weighted by molar-refractivity contribution is 9.10. The second-order valence-electron chi connectivity index (χ2n) is 6.59. The molecule has 1 nitrogen and oxygen atoms in total. The molecule has 2 aromatic rings. The van der Waals surface area contributed by atoms with Crippen molar-refractivity contribution in [3.63, 3.8) is 0 Å². The molecule has 0 saturated heterocycles. The third-order valence-electron chi connectivity index (χ3n) is 4.40. The normalized spacial score (nSPS) is 14.8. The molecular formula is C19H20Br2O. The van der Waals surface area contributed by atoms with Crippen LogP contribution in [0.1, 0.15) is 41.7 Å². The predicted octanol–water partition coefficient (Wildman–Crippen LogP) is 5.32. The molecule has 0 aromatic heterocycles. The first-order chi connectivity index (χ1) is 10.3. The van der Waals surface area contributed by atoms with Crippen molar-refractivity contribution in [3.05, 3.63) is 67.1 Å². The molecule has 0 spiro atoms. The summed E-state index contributed by atoms with van der Waals surface area (Å²) in [7, 11) is 0. The van der Waals surface area contributed by atoms with Gasteiger partial charge in [-0.2, -0.15) is 0 Å². The number of aliphatic hydroxyl groups is 1. The summed E-state index contributed by atoms with van der Waals surface area (Å²) in [6.07, 6.45) is 3.86. The zero-order valence-corrected chi connectivity index (χ0v) is 16.1. The summed E-state index contributed by atoms with van der Waals surface area (Å²) in [5, 5.41) is 10.5. The molecule has 2 aromatic carbocycles. The Bertz CT molecular complexity index is 714. The van der Waals surface area contributed by atoms with Gasteiger partial charge in [-0.25, -0.2) is 0 Å². The van der Waals surface area contributed by atoms with Gasteiger partial charge in [-0.15, -0.1) is 0 Å². The SMILES string of the molecule is CC(C)(O)c1cc2c(Br)cc1CCc1ccc(cc1Br)CC2. The van der Waals surface area contributed by atoms with Crippen LogP contribution >= 0.6 is 31.9 Å². The van der Waals surface area contributed by atoms with E-state index in [0.29, 0.717) is 0 Å². The van der Waals surface area contributed by atoms with Crippen LogP contribution in [0.25, 0.3) is 0 Å². The number of rotatable bonds is 1. The van der Waals surface area contributed by atoms with Crippen LogP contribution in [-0.2, 0) is 31.3 Å². The molecule has 4 aliphatic rings. The summed E-state index contributed by atoms with van der Waals surface area (Å²) in [4.78, 5) is 0. The van der Waals surface area contributed by atoms with Crippen molar-refractivity contribution in [3.8, 4) is 0 Å². The smallest absolute Gasteiger partial charge is 0.0843 e. The average Bonchev–Trinajstić information content (AvgIpc) is 2.41. The van der Waals surface area contributed by atoms with Gasteiger partial charge in [0.2, 0.25) is 0 Å². The Labute approximate surface area is 149 Å². The molecule has 0 heterocycles. The van der Waals surface area contributed by atoms with E-state index in [0.717, 1.165) is 35.7 Å². The van der Waals surface area contributed by atoms with Gasteiger partial charge < -0.3 is 5.11 Å². The molecule has 4 bridgehead atoms.